The third-order valence-corrected chi connectivity index (χ3v) is 3.22. The predicted molar refractivity (Wildman–Crippen MR) is 60.8 cm³/mol. The molecule has 1 fully saturated rings. The van der Waals surface area contributed by atoms with Crippen LogP contribution in [0.15, 0.2) is 12.1 Å². The van der Waals surface area contributed by atoms with Gasteiger partial charge in [-0.05, 0) is 18.6 Å². The third kappa shape index (κ3) is 1.84. The van der Waals surface area contributed by atoms with Crippen LogP contribution in [0.2, 0.25) is 0 Å². The summed E-state index contributed by atoms with van der Waals surface area (Å²) in [5.41, 5.74) is 0.106. The smallest absolute Gasteiger partial charge is 0.228 e. The minimum atomic E-state index is -0.696. The second-order valence-electron chi connectivity index (χ2n) is 3.83. The van der Waals surface area contributed by atoms with Gasteiger partial charge in [0.05, 0.1) is 0 Å². The topological polar surface area (TPSA) is 20.3 Å². The number of hydrogen-bond donors (Lipinski definition) is 0. The van der Waals surface area contributed by atoms with Gasteiger partial charge in [-0.25, -0.2) is 8.78 Å². The number of carbonyl (C=O) groups excluding carboxylic acids is 1. The maximum absolute atomic E-state index is 13.8. The summed E-state index contributed by atoms with van der Waals surface area (Å²) in [5.74, 6) is -1.61. The molecule has 1 aromatic carbocycles. The second-order valence-corrected chi connectivity index (χ2v) is 5.13. The quantitative estimate of drug-likeness (QED) is 0.728. The SMILES string of the molecule is Cc1ccc(F)c(N2CC(Br)CC2=O)c1F. The van der Waals surface area contributed by atoms with Gasteiger partial charge < -0.3 is 4.90 Å². The summed E-state index contributed by atoms with van der Waals surface area (Å²) in [6.45, 7) is 1.85. The van der Waals surface area contributed by atoms with E-state index in [0.29, 0.717) is 12.1 Å². The Bertz CT molecular complexity index is 450. The molecule has 0 aromatic heterocycles. The van der Waals surface area contributed by atoms with Crippen LogP contribution in [-0.2, 0) is 4.79 Å². The zero-order valence-electron chi connectivity index (χ0n) is 8.64. The van der Waals surface area contributed by atoms with Gasteiger partial charge in [0, 0.05) is 17.8 Å². The maximum Gasteiger partial charge on any atom is 0.228 e. The molecule has 1 atom stereocenters. The molecule has 2 nitrogen and oxygen atoms in total. The van der Waals surface area contributed by atoms with Crippen LogP contribution in [0.25, 0.3) is 0 Å². The van der Waals surface area contributed by atoms with E-state index in [1.165, 1.54) is 12.1 Å². The fraction of sp³-hybridized carbons (Fsp3) is 0.364. The average Bonchev–Trinajstić information content (AvgIpc) is 2.53. The molecule has 2 rings (SSSR count). The lowest BCUT2D eigenvalue weighted by atomic mass is 10.2. The first kappa shape index (κ1) is 11.5. The molecule has 1 aliphatic heterocycles. The Labute approximate surface area is 100 Å². The molecule has 0 bridgehead atoms. The lowest BCUT2D eigenvalue weighted by molar-refractivity contribution is -0.117. The zero-order chi connectivity index (χ0) is 11.9. The highest BCUT2D eigenvalue weighted by Gasteiger charge is 2.32. The molecule has 0 spiro atoms. The largest absolute Gasteiger partial charge is 0.306 e. The van der Waals surface area contributed by atoms with Crippen molar-refractivity contribution in [2.45, 2.75) is 18.2 Å². The lowest BCUT2D eigenvalue weighted by Gasteiger charge is -2.18. The number of halogens is 3. The summed E-state index contributed by atoms with van der Waals surface area (Å²) >= 11 is 3.28. The molecule has 1 saturated heterocycles. The van der Waals surface area contributed by atoms with E-state index < -0.39 is 11.6 Å². The van der Waals surface area contributed by atoms with Crippen molar-refractivity contribution in [2.75, 3.05) is 11.4 Å². The number of carbonyl (C=O) groups is 1. The molecule has 0 saturated carbocycles. The molecule has 1 aliphatic rings. The van der Waals surface area contributed by atoms with Gasteiger partial charge in [-0.15, -0.1) is 0 Å². The van der Waals surface area contributed by atoms with Gasteiger partial charge in [0.2, 0.25) is 5.91 Å². The summed E-state index contributed by atoms with van der Waals surface area (Å²) in [5, 5.41) is 0. The monoisotopic (exact) mass is 289 g/mol. The Balaban J connectivity index is 2.48. The molecular formula is C11H10BrF2NO. The summed E-state index contributed by atoms with van der Waals surface area (Å²) < 4.78 is 27.3. The normalized spacial score (nSPS) is 20.6. The van der Waals surface area contributed by atoms with Gasteiger partial charge in [0.1, 0.15) is 11.5 Å². The maximum atomic E-state index is 13.8. The van der Waals surface area contributed by atoms with E-state index in [9.17, 15) is 13.6 Å². The molecule has 1 unspecified atom stereocenters. The van der Waals surface area contributed by atoms with Crippen LogP contribution in [-0.4, -0.2) is 17.3 Å². The van der Waals surface area contributed by atoms with Gasteiger partial charge in [-0.2, -0.15) is 0 Å². The van der Waals surface area contributed by atoms with E-state index in [0.717, 1.165) is 4.90 Å². The standard InChI is InChI=1S/C11H10BrF2NO/c1-6-2-3-8(13)11(10(6)14)15-5-7(12)4-9(15)16/h2-3,7H,4-5H2,1H3. The van der Waals surface area contributed by atoms with Crippen molar-refractivity contribution in [3.05, 3.63) is 29.3 Å². The average molecular weight is 290 g/mol. The minimum Gasteiger partial charge on any atom is -0.306 e. The second kappa shape index (κ2) is 4.13. The first-order valence-electron chi connectivity index (χ1n) is 4.89. The molecular weight excluding hydrogens is 280 g/mol. The Morgan fingerprint density at radius 1 is 1.44 bits per heavy atom. The van der Waals surface area contributed by atoms with Crippen LogP contribution in [0.4, 0.5) is 14.5 Å². The fourth-order valence-corrected chi connectivity index (χ4v) is 2.34. The molecule has 1 aromatic rings. The molecule has 1 amide bonds. The van der Waals surface area contributed by atoms with Gasteiger partial charge in [0.25, 0.3) is 0 Å². The van der Waals surface area contributed by atoms with Crippen LogP contribution in [0.5, 0.6) is 0 Å². The van der Waals surface area contributed by atoms with Gasteiger partial charge in [-0.1, -0.05) is 22.0 Å². The van der Waals surface area contributed by atoms with Crippen molar-refractivity contribution in [3.8, 4) is 0 Å². The van der Waals surface area contributed by atoms with E-state index in [-0.39, 0.29) is 22.8 Å². The van der Waals surface area contributed by atoms with Crippen LogP contribution < -0.4 is 4.90 Å². The van der Waals surface area contributed by atoms with Gasteiger partial charge in [0.15, 0.2) is 5.82 Å². The summed E-state index contributed by atoms with van der Waals surface area (Å²) in [7, 11) is 0. The first-order chi connectivity index (χ1) is 7.50. The number of alkyl halides is 1. The lowest BCUT2D eigenvalue weighted by Crippen LogP contribution is -2.27. The van der Waals surface area contributed by atoms with Crippen LogP contribution in [0.3, 0.4) is 0 Å². The predicted octanol–water partition coefficient (Wildman–Crippen LogP) is 2.77. The third-order valence-electron chi connectivity index (χ3n) is 2.61. The van der Waals surface area contributed by atoms with Crippen molar-refractivity contribution >= 4 is 27.5 Å². The highest BCUT2D eigenvalue weighted by molar-refractivity contribution is 9.09. The zero-order valence-corrected chi connectivity index (χ0v) is 10.2. The first-order valence-corrected chi connectivity index (χ1v) is 5.81. The van der Waals surface area contributed by atoms with Crippen LogP contribution in [0, 0.1) is 18.6 Å². The van der Waals surface area contributed by atoms with Crippen molar-refractivity contribution in [3.63, 3.8) is 0 Å². The van der Waals surface area contributed by atoms with E-state index in [2.05, 4.69) is 15.9 Å². The van der Waals surface area contributed by atoms with Crippen molar-refractivity contribution < 1.29 is 13.6 Å². The fourth-order valence-electron chi connectivity index (χ4n) is 1.77. The Kier molecular flexibility index (Phi) is 2.97. The van der Waals surface area contributed by atoms with Crippen molar-refractivity contribution in [2.24, 2.45) is 0 Å². The molecule has 0 radical (unpaired) electrons. The number of anilines is 1. The van der Waals surface area contributed by atoms with E-state index in [1.807, 2.05) is 0 Å². The molecule has 0 N–H and O–H groups in total. The number of rotatable bonds is 1. The van der Waals surface area contributed by atoms with Crippen LogP contribution in [0.1, 0.15) is 12.0 Å². The summed E-state index contributed by atoms with van der Waals surface area (Å²) in [6.07, 6.45) is 0.271. The van der Waals surface area contributed by atoms with Gasteiger partial charge >= 0.3 is 0 Å². The molecule has 16 heavy (non-hydrogen) atoms. The number of hydrogen-bond acceptors (Lipinski definition) is 1. The van der Waals surface area contributed by atoms with Crippen LogP contribution >= 0.6 is 15.9 Å². The number of nitrogens with zero attached hydrogens (tertiary/aromatic N) is 1. The Morgan fingerprint density at radius 2 is 2.12 bits per heavy atom. The highest BCUT2D eigenvalue weighted by Crippen LogP contribution is 2.31. The van der Waals surface area contributed by atoms with E-state index >= 15 is 0 Å². The van der Waals surface area contributed by atoms with Gasteiger partial charge in [-0.3, -0.25) is 4.79 Å². The number of aryl methyl sites for hydroxylation is 1. The molecule has 0 aliphatic carbocycles. The van der Waals surface area contributed by atoms with Crippen molar-refractivity contribution in [1.82, 2.24) is 0 Å². The van der Waals surface area contributed by atoms with Crippen molar-refractivity contribution in [1.29, 1.82) is 0 Å². The highest BCUT2D eigenvalue weighted by atomic mass is 79.9. The Hall–Kier alpha value is -0.970. The molecule has 86 valence electrons. The van der Waals surface area contributed by atoms with E-state index in [4.69, 9.17) is 0 Å². The number of benzene rings is 1. The summed E-state index contributed by atoms with van der Waals surface area (Å²) in [4.78, 5) is 12.7. The number of amides is 1. The molecule has 5 heteroatoms. The molecule has 1 heterocycles. The summed E-state index contributed by atoms with van der Waals surface area (Å²) in [6, 6.07) is 2.54. The Morgan fingerprint density at radius 3 is 2.69 bits per heavy atom. The van der Waals surface area contributed by atoms with E-state index in [1.54, 1.807) is 6.92 Å². The minimum absolute atomic E-state index is 0.0423.